The van der Waals surface area contributed by atoms with Gasteiger partial charge in [-0.3, -0.25) is 9.89 Å². The average Bonchev–Trinajstić information content (AvgIpc) is 3.27. The maximum Gasteiger partial charge on any atom is 0.221 e. The van der Waals surface area contributed by atoms with Crippen LogP contribution >= 0.6 is 0 Å². The van der Waals surface area contributed by atoms with Gasteiger partial charge in [-0.1, -0.05) is 18.2 Å². The number of rotatable bonds is 5. The van der Waals surface area contributed by atoms with Crippen LogP contribution in [0.3, 0.4) is 0 Å². The highest BCUT2D eigenvalue weighted by molar-refractivity contribution is 6.02. The molecule has 0 aliphatic heterocycles. The third kappa shape index (κ3) is 3.78. The van der Waals surface area contributed by atoms with Gasteiger partial charge in [-0.15, -0.1) is 0 Å². The van der Waals surface area contributed by atoms with E-state index >= 15 is 0 Å². The Balaban J connectivity index is 1.64. The molecule has 0 spiro atoms. The van der Waals surface area contributed by atoms with Crippen molar-refractivity contribution in [1.82, 2.24) is 15.2 Å². The van der Waals surface area contributed by atoms with Gasteiger partial charge in [0, 0.05) is 35.8 Å². The van der Waals surface area contributed by atoms with E-state index in [1.54, 1.807) is 18.5 Å². The lowest BCUT2D eigenvalue weighted by Gasteiger charge is -2.06. The van der Waals surface area contributed by atoms with Gasteiger partial charge in [0.1, 0.15) is 5.82 Å². The molecule has 2 heterocycles. The maximum atomic E-state index is 11.3. The highest BCUT2D eigenvalue weighted by Gasteiger charge is 2.10. The quantitative estimate of drug-likeness (QED) is 0.399. The van der Waals surface area contributed by atoms with Crippen molar-refractivity contribution in [3.8, 4) is 5.88 Å². The minimum absolute atomic E-state index is 0.0723. The Kier molecular flexibility index (Phi) is 4.63. The lowest BCUT2D eigenvalue weighted by molar-refractivity contribution is -0.114. The molecule has 0 aliphatic rings. The van der Waals surface area contributed by atoms with Crippen LogP contribution in [0.4, 0.5) is 11.5 Å². The van der Waals surface area contributed by atoms with Crippen LogP contribution in [0, 0.1) is 0 Å². The Hall–Kier alpha value is -3.87. The maximum absolute atomic E-state index is 11.3. The molecular formula is C21H19N5O2. The van der Waals surface area contributed by atoms with Gasteiger partial charge >= 0.3 is 0 Å². The number of nitrogens with one attached hydrogen (secondary N) is 3. The van der Waals surface area contributed by atoms with Gasteiger partial charge in [0.15, 0.2) is 5.88 Å². The summed E-state index contributed by atoms with van der Waals surface area (Å²) in [6.07, 6.45) is 3.93. The molecule has 7 nitrogen and oxygen atoms in total. The molecule has 1 amide bonds. The number of aromatic amines is 2. The summed E-state index contributed by atoms with van der Waals surface area (Å²) in [6.45, 7) is 1.49. The van der Waals surface area contributed by atoms with Gasteiger partial charge in [0.2, 0.25) is 5.91 Å². The average molecular weight is 373 g/mol. The third-order valence-electron chi connectivity index (χ3n) is 4.36. The standard InChI is InChI=1S/C21H19N5O2/c1-13(27)24-16-4-2-3-14(10-16)9-15-5-6-19-17(11-15)18(21(28)25-19)12-22-20-7-8-23-26-20/h2-8,10-12,25,28H,9H2,1H3,(H,23,26)(H,24,27)/b22-12+. The number of fused-ring (bicyclic) bond motifs is 1. The van der Waals surface area contributed by atoms with Gasteiger partial charge in [-0.25, -0.2) is 4.99 Å². The second-order valence-electron chi connectivity index (χ2n) is 6.53. The summed E-state index contributed by atoms with van der Waals surface area (Å²) in [5, 5.41) is 20.6. The lowest BCUT2D eigenvalue weighted by Crippen LogP contribution is -2.05. The summed E-state index contributed by atoms with van der Waals surface area (Å²) in [7, 11) is 0. The number of aromatic nitrogens is 3. The second-order valence-corrected chi connectivity index (χ2v) is 6.53. The van der Waals surface area contributed by atoms with Gasteiger partial charge in [-0.05, 0) is 41.8 Å². The zero-order valence-corrected chi connectivity index (χ0v) is 15.2. The van der Waals surface area contributed by atoms with Crippen molar-refractivity contribution in [3.05, 3.63) is 71.4 Å². The Bertz CT molecular complexity index is 1160. The first-order valence-electron chi connectivity index (χ1n) is 8.82. The van der Waals surface area contributed by atoms with E-state index in [1.807, 2.05) is 42.5 Å². The van der Waals surface area contributed by atoms with Gasteiger partial charge < -0.3 is 15.4 Å². The van der Waals surface area contributed by atoms with Crippen LogP contribution in [-0.2, 0) is 11.2 Å². The molecule has 140 valence electrons. The molecule has 2 aromatic heterocycles. The molecule has 4 aromatic rings. The summed E-state index contributed by atoms with van der Waals surface area (Å²) in [6, 6.07) is 15.5. The third-order valence-corrected chi connectivity index (χ3v) is 4.36. The van der Waals surface area contributed by atoms with Crippen LogP contribution in [0.2, 0.25) is 0 Å². The number of hydrogen-bond donors (Lipinski definition) is 4. The molecule has 0 atom stereocenters. The fourth-order valence-electron chi connectivity index (χ4n) is 3.14. The summed E-state index contributed by atoms with van der Waals surface area (Å²) in [5.74, 6) is 0.588. The van der Waals surface area contributed by atoms with E-state index in [2.05, 4.69) is 25.5 Å². The molecule has 0 radical (unpaired) electrons. The minimum atomic E-state index is -0.0948. The number of carbonyl (C=O) groups is 1. The van der Waals surface area contributed by atoms with E-state index in [0.717, 1.165) is 27.7 Å². The molecule has 0 saturated carbocycles. The number of carbonyl (C=O) groups excluding carboxylic acids is 1. The molecule has 4 rings (SSSR count). The van der Waals surface area contributed by atoms with Crippen molar-refractivity contribution in [2.75, 3.05) is 5.32 Å². The smallest absolute Gasteiger partial charge is 0.221 e. The van der Waals surface area contributed by atoms with Gasteiger partial charge in [-0.2, -0.15) is 5.10 Å². The lowest BCUT2D eigenvalue weighted by atomic mass is 10.0. The van der Waals surface area contributed by atoms with Crippen LogP contribution in [-0.4, -0.2) is 32.4 Å². The van der Waals surface area contributed by atoms with Crippen molar-refractivity contribution < 1.29 is 9.90 Å². The van der Waals surface area contributed by atoms with Crippen molar-refractivity contribution in [2.45, 2.75) is 13.3 Å². The number of benzene rings is 2. The van der Waals surface area contributed by atoms with Gasteiger partial charge in [0.25, 0.3) is 0 Å². The summed E-state index contributed by atoms with van der Waals surface area (Å²) in [4.78, 5) is 18.5. The second kappa shape index (κ2) is 7.40. The Morgan fingerprint density at radius 2 is 2.07 bits per heavy atom. The van der Waals surface area contributed by atoms with Crippen LogP contribution in [0.5, 0.6) is 5.88 Å². The molecule has 0 bridgehead atoms. The zero-order chi connectivity index (χ0) is 19.5. The number of hydrogen-bond acceptors (Lipinski definition) is 4. The largest absolute Gasteiger partial charge is 0.494 e. The molecule has 28 heavy (non-hydrogen) atoms. The topological polar surface area (TPSA) is 106 Å². The molecule has 2 aromatic carbocycles. The minimum Gasteiger partial charge on any atom is -0.494 e. The van der Waals surface area contributed by atoms with Crippen molar-refractivity contribution in [3.63, 3.8) is 0 Å². The monoisotopic (exact) mass is 373 g/mol. The molecule has 7 heteroatoms. The Morgan fingerprint density at radius 3 is 2.86 bits per heavy atom. The number of anilines is 1. The van der Waals surface area contributed by atoms with E-state index in [1.165, 1.54) is 6.92 Å². The molecule has 0 fully saturated rings. The molecular weight excluding hydrogens is 354 g/mol. The van der Waals surface area contributed by atoms with Crippen molar-refractivity contribution in [2.24, 2.45) is 4.99 Å². The summed E-state index contributed by atoms with van der Waals surface area (Å²) >= 11 is 0. The molecule has 0 saturated heterocycles. The number of nitrogens with zero attached hydrogens (tertiary/aromatic N) is 2. The number of aliphatic imine (C=N–C) groups is 1. The number of amides is 1. The van der Waals surface area contributed by atoms with Crippen LogP contribution in [0.1, 0.15) is 23.6 Å². The normalized spacial score (nSPS) is 11.3. The number of H-pyrrole nitrogens is 2. The van der Waals surface area contributed by atoms with E-state index in [9.17, 15) is 9.90 Å². The van der Waals surface area contributed by atoms with Crippen LogP contribution in [0.15, 0.2) is 59.7 Å². The summed E-state index contributed by atoms with van der Waals surface area (Å²) in [5.41, 5.74) is 4.40. The van der Waals surface area contributed by atoms with Crippen LogP contribution < -0.4 is 5.32 Å². The predicted octanol–water partition coefficient (Wildman–Crippen LogP) is 3.90. The van der Waals surface area contributed by atoms with E-state index < -0.39 is 0 Å². The summed E-state index contributed by atoms with van der Waals surface area (Å²) < 4.78 is 0. The first-order valence-corrected chi connectivity index (χ1v) is 8.82. The van der Waals surface area contributed by atoms with E-state index in [0.29, 0.717) is 17.8 Å². The van der Waals surface area contributed by atoms with Crippen LogP contribution in [0.25, 0.3) is 10.9 Å². The van der Waals surface area contributed by atoms with E-state index in [-0.39, 0.29) is 11.8 Å². The van der Waals surface area contributed by atoms with Crippen molar-refractivity contribution in [1.29, 1.82) is 0 Å². The Labute approximate surface area is 161 Å². The van der Waals surface area contributed by atoms with E-state index in [4.69, 9.17) is 0 Å². The van der Waals surface area contributed by atoms with Gasteiger partial charge in [0.05, 0.1) is 11.8 Å². The predicted molar refractivity (Wildman–Crippen MR) is 109 cm³/mol. The highest BCUT2D eigenvalue weighted by atomic mass is 16.3. The Morgan fingerprint density at radius 1 is 1.21 bits per heavy atom. The first-order chi connectivity index (χ1) is 13.6. The number of aromatic hydroxyl groups is 1. The molecule has 4 N–H and O–H groups in total. The molecule has 0 aliphatic carbocycles. The fraction of sp³-hybridized carbons (Fsp3) is 0.0952. The highest BCUT2D eigenvalue weighted by Crippen LogP contribution is 2.28. The first kappa shape index (κ1) is 17.5. The van der Waals surface area contributed by atoms with Crippen molar-refractivity contribution >= 4 is 34.5 Å². The molecule has 0 unspecified atom stereocenters. The fourth-order valence-corrected chi connectivity index (χ4v) is 3.14. The zero-order valence-electron chi connectivity index (χ0n) is 15.2. The SMILES string of the molecule is CC(=O)Nc1cccc(Cc2ccc3[nH]c(O)c(/C=N/c4ccn[nH]4)c3c2)c1.